The smallest absolute Gasteiger partial charge is 0.326 e. The highest BCUT2D eigenvalue weighted by molar-refractivity contribution is 14.1. The zero-order valence-corrected chi connectivity index (χ0v) is 15.5. The van der Waals surface area contributed by atoms with Gasteiger partial charge in [0.1, 0.15) is 11.8 Å². The highest BCUT2D eigenvalue weighted by Gasteiger charge is 2.22. The largest absolute Gasteiger partial charge is 0.480 e. The van der Waals surface area contributed by atoms with Crippen molar-refractivity contribution in [3.05, 3.63) is 63.2 Å². The summed E-state index contributed by atoms with van der Waals surface area (Å²) >= 11 is 2.12. The zero-order valence-electron chi connectivity index (χ0n) is 13.4. The summed E-state index contributed by atoms with van der Waals surface area (Å²) in [6, 6.07) is 12.3. The van der Waals surface area contributed by atoms with Crippen LogP contribution in [0, 0.1) is 3.57 Å². The third-order valence-electron chi connectivity index (χ3n) is 3.34. The SMILES string of the molecule is CC(=O)Oc1cccc(C(=O)N[C@@H](Cc2ccccc2I)C(=O)O)c1. The van der Waals surface area contributed by atoms with Gasteiger partial charge in [-0.25, -0.2) is 4.79 Å². The fraction of sp³-hybridized carbons (Fsp3) is 0.167. The lowest BCUT2D eigenvalue weighted by Gasteiger charge is -2.16. The molecule has 0 fully saturated rings. The number of esters is 1. The number of benzene rings is 2. The minimum Gasteiger partial charge on any atom is -0.480 e. The standard InChI is InChI=1S/C18H16INO5/c1-11(21)25-14-7-4-6-13(9-14)17(22)20-16(18(23)24)10-12-5-2-3-8-15(12)19/h2-9,16H,10H2,1H3,(H,20,22)(H,23,24)/t16-/m0/s1. The maximum Gasteiger partial charge on any atom is 0.326 e. The molecule has 2 aromatic rings. The van der Waals surface area contributed by atoms with Crippen LogP contribution in [0.5, 0.6) is 5.75 Å². The number of carboxylic acids is 1. The Kier molecular flexibility index (Phi) is 6.51. The molecule has 0 bridgehead atoms. The van der Waals surface area contributed by atoms with Gasteiger partial charge in [0.25, 0.3) is 5.91 Å². The average molecular weight is 453 g/mol. The molecule has 0 radical (unpaired) electrons. The first-order chi connectivity index (χ1) is 11.9. The van der Waals surface area contributed by atoms with Crippen LogP contribution in [-0.2, 0) is 16.0 Å². The van der Waals surface area contributed by atoms with Crippen molar-refractivity contribution in [2.45, 2.75) is 19.4 Å². The molecule has 130 valence electrons. The molecule has 2 rings (SSSR count). The van der Waals surface area contributed by atoms with Gasteiger partial charge < -0.3 is 15.2 Å². The van der Waals surface area contributed by atoms with Crippen LogP contribution in [-0.4, -0.2) is 29.0 Å². The lowest BCUT2D eigenvalue weighted by atomic mass is 10.1. The van der Waals surface area contributed by atoms with E-state index in [2.05, 4.69) is 27.9 Å². The molecule has 2 N–H and O–H groups in total. The minimum atomic E-state index is -1.12. The number of carbonyl (C=O) groups excluding carboxylic acids is 2. The molecule has 25 heavy (non-hydrogen) atoms. The summed E-state index contributed by atoms with van der Waals surface area (Å²) in [6.45, 7) is 1.26. The lowest BCUT2D eigenvalue weighted by Crippen LogP contribution is -2.42. The summed E-state index contributed by atoms with van der Waals surface area (Å²) in [7, 11) is 0. The second kappa shape index (κ2) is 8.61. The van der Waals surface area contributed by atoms with E-state index in [4.69, 9.17) is 4.74 Å². The van der Waals surface area contributed by atoms with E-state index < -0.39 is 23.9 Å². The zero-order chi connectivity index (χ0) is 18.4. The van der Waals surface area contributed by atoms with Crippen LogP contribution in [0.3, 0.4) is 0 Å². The van der Waals surface area contributed by atoms with E-state index in [1.54, 1.807) is 12.1 Å². The van der Waals surface area contributed by atoms with Crippen LogP contribution >= 0.6 is 22.6 Å². The average Bonchev–Trinajstić information content (AvgIpc) is 2.55. The van der Waals surface area contributed by atoms with Crippen molar-refractivity contribution >= 4 is 40.4 Å². The lowest BCUT2D eigenvalue weighted by molar-refractivity contribution is -0.139. The molecule has 0 aliphatic rings. The fourth-order valence-electron chi connectivity index (χ4n) is 2.19. The second-order valence-corrected chi connectivity index (χ2v) is 6.44. The van der Waals surface area contributed by atoms with E-state index in [1.165, 1.54) is 19.1 Å². The van der Waals surface area contributed by atoms with E-state index in [1.807, 2.05) is 24.3 Å². The first kappa shape index (κ1) is 18.9. The molecule has 2 aromatic carbocycles. The summed E-state index contributed by atoms with van der Waals surface area (Å²) in [6.07, 6.45) is 0.170. The van der Waals surface area contributed by atoms with Crippen LogP contribution in [0.25, 0.3) is 0 Å². The predicted molar refractivity (Wildman–Crippen MR) is 99.5 cm³/mol. The highest BCUT2D eigenvalue weighted by atomic mass is 127. The number of amides is 1. The first-order valence-electron chi connectivity index (χ1n) is 7.42. The molecule has 1 amide bonds. The van der Waals surface area contributed by atoms with Gasteiger partial charge in [-0.1, -0.05) is 24.3 Å². The maximum absolute atomic E-state index is 12.4. The molecule has 0 saturated heterocycles. The molecular weight excluding hydrogens is 437 g/mol. The number of halogens is 1. The van der Waals surface area contributed by atoms with Gasteiger partial charge in [0.05, 0.1) is 0 Å². The Balaban J connectivity index is 2.14. The van der Waals surface area contributed by atoms with E-state index in [0.717, 1.165) is 9.13 Å². The molecule has 0 aromatic heterocycles. The Morgan fingerprint density at radius 1 is 1.16 bits per heavy atom. The highest BCUT2D eigenvalue weighted by Crippen LogP contribution is 2.16. The summed E-state index contributed by atoms with van der Waals surface area (Å²) in [4.78, 5) is 34.9. The molecule has 6 nitrogen and oxygen atoms in total. The normalized spacial score (nSPS) is 11.4. The van der Waals surface area contributed by atoms with Crippen molar-refractivity contribution in [3.8, 4) is 5.75 Å². The van der Waals surface area contributed by atoms with Gasteiger partial charge in [0.2, 0.25) is 0 Å². The summed E-state index contributed by atoms with van der Waals surface area (Å²) < 4.78 is 5.86. The fourth-order valence-corrected chi connectivity index (χ4v) is 2.80. The van der Waals surface area contributed by atoms with Crippen molar-refractivity contribution in [1.82, 2.24) is 5.32 Å². The number of hydrogen-bond acceptors (Lipinski definition) is 4. The first-order valence-corrected chi connectivity index (χ1v) is 8.50. The van der Waals surface area contributed by atoms with E-state index in [0.29, 0.717) is 0 Å². The minimum absolute atomic E-state index is 0.170. The van der Waals surface area contributed by atoms with Crippen molar-refractivity contribution in [3.63, 3.8) is 0 Å². The monoisotopic (exact) mass is 453 g/mol. The molecule has 7 heteroatoms. The van der Waals surface area contributed by atoms with Gasteiger partial charge in [0, 0.05) is 22.5 Å². The van der Waals surface area contributed by atoms with Gasteiger partial charge in [-0.2, -0.15) is 0 Å². The van der Waals surface area contributed by atoms with Gasteiger partial charge in [-0.3, -0.25) is 9.59 Å². The van der Waals surface area contributed by atoms with E-state index >= 15 is 0 Å². The van der Waals surface area contributed by atoms with E-state index in [9.17, 15) is 19.5 Å². The predicted octanol–water partition coefficient (Wildman–Crippen LogP) is 2.64. The Morgan fingerprint density at radius 2 is 1.88 bits per heavy atom. The number of carboxylic acid groups (broad SMARTS) is 1. The van der Waals surface area contributed by atoms with Crippen LogP contribution in [0.15, 0.2) is 48.5 Å². The Hall–Kier alpha value is -2.42. The molecule has 0 unspecified atom stereocenters. The Bertz CT molecular complexity index is 806. The number of nitrogens with one attached hydrogen (secondary N) is 1. The molecule has 0 aliphatic heterocycles. The van der Waals surface area contributed by atoms with Gasteiger partial charge in [-0.05, 0) is 52.4 Å². The third-order valence-corrected chi connectivity index (χ3v) is 4.40. The molecule has 0 aliphatic carbocycles. The van der Waals surface area contributed by atoms with Crippen LogP contribution in [0.1, 0.15) is 22.8 Å². The number of ether oxygens (including phenoxy) is 1. The molecule has 0 heterocycles. The van der Waals surface area contributed by atoms with Gasteiger partial charge in [-0.15, -0.1) is 0 Å². The van der Waals surface area contributed by atoms with Crippen LogP contribution in [0.2, 0.25) is 0 Å². The number of hydrogen-bond donors (Lipinski definition) is 2. The quantitative estimate of drug-likeness (QED) is 0.399. The third kappa shape index (κ3) is 5.56. The molecule has 0 saturated carbocycles. The summed E-state index contributed by atoms with van der Waals surface area (Å²) in [5, 5.41) is 11.9. The van der Waals surface area contributed by atoms with Crippen molar-refractivity contribution in [2.24, 2.45) is 0 Å². The molecular formula is C18H16INO5. The van der Waals surface area contributed by atoms with Crippen molar-refractivity contribution in [2.75, 3.05) is 0 Å². The van der Waals surface area contributed by atoms with Gasteiger partial charge in [0.15, 0.2) is 0 Å². The van der Waals surface area contributed by atoms with Crippen LogP contribution < -0.4 is 10.1 Å². The molecule has 0 spiro atoms. The number of aliphatic carboxylic acids is 1. The number of rotatable bonds is 6. The maximum atomic E-state index is 12.4. The Morgan fingerprint density at radius 3 is 2.52 bits per heavy atom. The Labute approximate surface area is 158 Å². The van der Waals surface area contributed by atoms with Crippen LogP contribution in [0.4, 0.5) is 0 Å². The topological polar surface area (TPSA) is 92.7 Å². The van der Waals surface area contributed by atoms with Crippen molar-refractivity contribution < 1.29 is 24.2 Å². The summed E-state index contributed by atoms with van der Waals surface area (Å²) in [5.74, 6) is -1.94. The molecule has 1 atom stereocenters. The van der Waals surface area contributed by atoms with E-state index in [-0.39, 0.29) is 17.7 Å². The number of carbonyl (C=O) groups is 3. The van der Waals surface area contributed by atoms with Gasteiger partial charge >= 0.3 is 11.9 Å². The second-order valence-electron chi connectivity index (χ2n) is 5.28. The summed E-state index contributed by atoms with van der Waals surface area (Å²) in [5.41, 5.74) is 1.05. The van der Waals surface area contributed by atoms with Crippen molar-refractivity contribution in [1.29, 1.82) is 0 Å².